The number of benzene rings is 1. The Morgan fingerprint density at radius 2 is 1.94 bits per heavy atom. The van der Waals surface area contributed by atoms with Crippen molar-refractivity contribution in [2.75, 3.05) is 11.6 Å². The van der Waals surface area contributed by atoms with Crippen LogP contribution in [0.25, 0.3) is 0 Å². The van der Waals surface area contributed by atoms with E-state index in [9.17, 15) is 8.42 Å². The maximum absolute atomic E-state index is 11.3. The molecule has 0 radical (unpaired) electrons. The lowest BCUT2D eigenvalue weighted by atomic mass is 10.3. The summed E-state index contributed by atoms with van der Waals surface area (Å²) in [5, 5.41) is 5.85. The SMILES string of the molecule is CS(=O)(=O)c1ccc(Nc2nc(Cl)cs2)cc1. The summed E-state index contributed by atoms with van der Waals surface area (Å²) in [6, 6.07) is 6.47. The highest BCUT2D eigenvalue weighted by Crippen LogP contribution is 2.23. The average Bonchev–Trinajstić information content (AvgIpc) is 2.63. The maximum atomic E-state index is 11.3. The van der Waals surface area contributed by atoms with Crippen molar-refractivity contribution in [2.24, 2.45) is 0 Å². The first-order chi connectivity index (χ1) is 7.95. The van der Waals surface area contributed by atoms with Crippen molar-refractivity contribution in [3.63, 3.8) is 0 Å². The van der Waals surface area contributed by atoms with Crippen LogP contribution in [-0.2, 0) is 9.84 Å². The van der Waals surface area contributed by atoms with Crippen molar-refractivity contribution >= 4 is 43.6 Å². The van der Waals surface area contributed by atoms with Gasteiger partial charge in [0, 0.05) is 17.3 Å². The fraction of sp³-hybridized carbons (Fsp3) is 0.100. The molecule has 7 heteroatoms. The maximum Gasteiger partial charge on any atom is 0.188 e. The summed E-state index contributed by atoms with van der Waals surface area (Å²) >= 11 is 7.07. The predicted octanol–water partition coefficient (Wildman–Crippen LogP) is 2.94. The van der Waals surface area contributed by atoms with Gasteiger partial charge in [-0.05, 0) is 24.3 Å². The number of hydrogen-bond donors (Lipinski definition) is 1. The van der Waals surface area contributed by atoms with Crippen molar-refractivity contribution in [3.05, 3.63) is 34.8 Å². The molecule has 1 N–H and O–H groups in total. The molecule has 0 unspecified atom stereocenters. The second-order valence-electron chi connectivity index (χ2n) is 3.40. The van der Waals surface area contributed by atoms with Gasteiger partial charge in [-0.2, -0.15) is 0 Å². The Labute approximate surface area is 108 Å². The lowest BCUT2D eigenvalue weighted by Gasteiger charge is -2.03. The van der Waals surface area contributed by atoms with E-state index >= 15 is 0 Å². The van der Waals surface area contributed by atoms with Gasteiger partial charge in [-0.1, -0.05) is 11.6 Å². The molecule has 90 valence electrons. The largest absolute Gasteiger partial charge is 0.332 e. The Morgan fingerprint density at radius 1 is 1.29 bits per heavy atom. The summed E-state index contributed by atoms with van der Waals surface area (Å²) < 4.78 is 22.5. The van der Waals surface area contributed by atoms with Crippen LogP contribution in [0, 0.1) is 0 Å². The Balaban J connectivity index is 2.19. The number of thiazole rings is 1. The van der Waals surface area contributed by atoms with Gasteiger partial charge in [0.05, 0.1) is 4.90 Å². The van der Waals surface area contributed by atoms with E-state index in [1.807, 2.05) is 0 Å². The van der Waals surface area contributed by atoms with Gasteiger partial charge < -0.3 is 5.32 Å². The molecule has 0 atom stereocenters. The molecule has 0 saturated heterocycles. The normalized spacial score (nSPS) is 11.4. The molecule has 2 rings (SSSR count). The molecule has 1 aromatic carbocycles. The molecule has 0 bridgehead atoms. The van der Waals surface area contributed by atoms with Crippen molar-refractivity contribution in [1.82, 2.24) is 4.98 Å². The van der Waals surface area contributed by atoms with Gasteiger partial charge in [0.2, 0.25) is 0 Å². The monoisotopic (exact) mass is 288 g/mol. The molecular formula is C10H9ClN2O2S2. The van der Waals surface area contributed by atoms with Crippen molar-refractivity contribution < 1.29 is 8.42 Å². The van der Waals surface area contributed by atoms with Crippen LogP contribution in [0.4, 0.5) is 10.8 Å². The average molecular weight is 289 g/mol. The molecule has 0 aliphatic carbocycles. The minimum Gasteiger partial charge on any atom is -0.332 e. The first kappa shape index (κ1) is 12.3. The Hall–Kier alpha value is -1.11. The minimum absolute atomic E-state index is 0.292. The summed E-state index contributed by atoms with van der Waals surface area (Å²) in [6.45, 7) is 0. The highest BCUT2D eigenvalue weighted by atomic mass is 35.5. The fourth-order valence-electron chi connectivity index (χ4n) is 1.22. The molecule has 0 amide bonds. The zero-order valence-electron chi connectivity index (χ0n) is 8.84. The number of nitrogens with one attached hydrogen (secondary N) is 1. The molecule has 4 nitrogen and oxygen atoms in total. The number of rotatable bonds is 3. The minimum atomic E-state index is -3.15. The summed E-state index contributed by atoms with van der Waals surface area (Å²) in [5.74, 6) is 0. The van der Waals surface area contributed by atoms with E-state index in [1.54, 1.807) is 29.6 Å². The van der Waals surface area contributed by atoms with Crippen molar-refractivity contribution in [1.29, 1.82) is 0 Å². The van der Waals surface area contributed by atoms with Crippen LogP contribution < -0.4 is 5.32 Å². The van der Waals surface area contributed by atoms with Gasteiger partial charge in [-0.15, -0.1) is 11.3 Å². The molecule has 1 heterocycles. The van der Waals surface area contributed by atoms with E-state index in [-0.39, 0.29) is 0 Å². The third-order valence-corrected chi connectivity index (χ3v) is 4.22. The Bertz CT molecular complexity index is 620. The molecule has 0 aliphatic rings. The van der Waals surface area contributed by atoms with E-state index in [2.05, 4.69) is 10.3 Å². The second-order valence-corrected chi connectivity index (χ2v) is 6.66. The molecular weight excluding hydrogens is 280 g/mol. The Kier molecular flexibility index (Phi) is 3.37. The van der Waals surface area contributed by atoms with E-state index < -0.39 is 9.84 Å². The van der Waals surface area contributed by atoms with Gasteiger partial charge in [-0.3, -0.25) is 0 Å². The first-order valence-electron chi connectivity index (χ1n) is 4.63. The van der Waals surface area contributed by atoms with Crippen molar-refractivity contribution in [3.8, 4) is 0 Å². The number of sulfone groups is 1. The lowest BCUT2D eigenvalue weighted by molar-refractivity contribution is 0.602. The van der Waals surface area contributed by atoms with E-state index in [1.165, 1.54) is 17.6 Å². The molecule has 0 spiro atoms. The van der Waals surface area contributed by atoms with Gasteiger partial charge in [0.25, 0.3) is 0 Å². The Morgan fingerprint density at radius 3 is 2.41 bits per heavy atom. The number of nitrogens with zero attached hydrogens (tertiary/aromatic N) is 1. The summed E-state index contributed by atoms with van der Waals surface area (Å²) in [6.07, 6.45) is 1.18. The predicted molar refractivity (Wildman–Crippen MR) is 70.0 cm³/mol. The van der Waals surface area contributed by atoms with Crippen LogP contribution in [0.1, 0.15) is 0 Å². The van der Waals surface area contributed by atoms with Crippen LogP contribution in [0.5, 0.6) is 0 Å². The van der Waals surface area contributed by atoms with Crippen LogP contribution in [0.2, 0.25) is 5.15 Å². The molecule has 2 aromatic rings. The van der Waals surface area contributed by atoms with Gasteiger partial charge in [0.1, 0.15) is 5.15 Å². The topological polar surface area (TPSA) is 59.1 Å². The quantitative estimate of drug-likeness (QED) is 0.943. The zero-order chi connectivity index (χ0) is 12.5. The first-order valence-corrected chi connectivity index (χ1v) is 7.78. The van der Waals surface area contributed by atoms with E-state index in [0.717, 1.165) is 5.69 Å². The number of halogens is 1. The summed E-state index contributed by atoms with van der Waals surface area (Å²) in [4.78, 5) is 4.32. The molecule has 17 heavy (non-hydrogen) atoms. The third-order valence-electron chi connectivity index (χ3n) is 2.01. The van der Waals surface area contributed by atoms with Crippen molar-refractivity contribution in [2.45, 2.75) is 4.90 Å². The lowest BCUT2D eigenvalue weighted by Crippen LogP contribution is -1.97. The smallest absolute Gasteiger partial charge is 0.188 e. The zero-order valence-corrected chi connectivity index (χ0v) is 11.2. The van der Waals surface area contributed by atoms with Crippen LogP contribution in [0.3, 0.4) is 0 Å². The number of aromatic nitrogens is 1. The highest BCUT2D eigenvalue weighted by Gasteiger charge is 2.06. The molecule has 1 aromatic heterocycles. The van der Waals surface area contributed by atoms with Crippen LogP contribution in [-0.4, -0.2) is 19.7 Å². The molecule has 0 aliphatic heterocycles. The standard InChI is InChI=1S/C10H9ClN2O2S2/c1-17(14,15)8-4-2-7(3-5-8)12-10-13-9(11)6-16-10/h2-6H,1H3,(H,12,13). The van der Waals surface area contributed by atoms with E-state index in [4.69, 9.17) is 11.6 Å². The number of anilines is 2. The van der Waals surface area contributed by atoms with Crippen LogP contribution >= 0.6 is 22.9 Å². The van der Waals surface area contributed by atoms with Crippen LogP contribution in [0.15, 0.2) is 34.5 Å². The summed E-state index contributed by atoms with van der Waals surface area (Å²) in [7, 11) is -3.15. The second kappa shape index (κ2) is 4.64. The van der Waals surface area contributed by atoms with Gasteiger partial charge in [0.15, 0.2) is 15.0 Å². The van der Waals surface area contributed by atoms with E-state index in [0.29, 0.717) is 15.2 Å². The summed E-state index contributed by atoms with van der Waals surface area (Å²) in [5.41, 5.74) is 0.767. The molecule has 0 saturated carbocycles. The molecule has 0 fully saturated rings. The van der Waals surface area contributed by atoms with Gasteiger partial charge in [-0.25, -0.2) is 13.4 Å². The third kappa shape index (κ3) is 3.18. The number of hydrogen-bond acceptors (Lipinski definition) is 5. The van der Waals surface area contributed by atoms with Gasteiger partial charge >= 0.3 is 0 Å². The fourth-order valence-corrected chi connectivity index (χ4v) is 2.71. The highest BCUT2D eigenvalue weighted by molar-refractivity contribution is 7.90.